The lowest BCUT2D eigenvalue weighted by Gasteiger charge is -2.19. The number of benzene rings is 2. The van der Waals surface area contributed by atoms with Gasteiger partial charge in [-0.25, -0.2) is 0 Å². The van der Waals surface area contributed by atoms with Gasteiger partial charge < -0.3 is 10.2 Å². The summed E-state index contributed by atoms with van der Waals surface area (Å²) < 4.78 is 39.5. The number of carbonyl (C=O) groups is 2. The SMILES string of the molecule is Cc1ccccc1N1CC(C(=O)Nc2ccc(Cl)cc2C(F)(F)F)CC1=O. The zero-order valence-corrected chi connectivity index (χ0v) is 15.1. The number of para-hydroxylation sites is 1. The third-order valence-corrected chi connectivity index (χ3v) is 4.68. The van der Waals surface area contributed by atoms with Crippen LogP contribution in [-0.4, -0.2) is 18.4 Å². The highest BCUT2D eigenvalue weighted by molar-refractivity contribution is 6.30. The number of carbonyl (C=O) groups excluding carboxylic acids is 2. The van der Waals surface area contributed by atoms with Crippen molar-refractivity contribution in [3.63, 3.8) is 0 Å². The summed E-state index contributed by atoms with van der Waals surface area (Å²) in [6, 6.07) is 10.4. The van der Waals surface area contributed by atoms with Crippen LogP contribution in [0.25, 0.3) is 0 Å². The molecule has 1 saturated heterocycles. The molecule has 2 aromatic rings. The van der Waals surface area contributed by atoms with Crippen molar-refractivity contribution in [1.29, 1.82) is 0 Å². The van der Waals surface area contributed by atoms with E-state index >= 15 is 0 Å². The van der Waals surface area contributed by atoms with Crippen LogP contribution in [0.2, 0.25) is 5.02 Å². The molecule has 0 aromatic heterocycles. The summed E-state index contributed by atoms with van der Waals surface area (Å²) in [5.41, 5.74) is 0.173. The van der Waals surface area contributed by atoms with E-state index < -0.39 is 23.6 Å². The molecule has 1 N–H and O–H groups in total. The molecule has 3 rings (SSSR count). The number of anilines is 2. The maximum Gasteiger partial charge on any atom is 0.418 e. The van der Waals surface area contributed by atoms with Crippen molar-refractivity contribution in [2.75, 3.05) is 16.8 Å². The summed E-state index contributed by atoms with van der Waals surface area (Å²) in [4.78, 5) is 26.3. The number of nitrogens with one attached hydrogen (secondary N) is 1. The first kappa shape index (κ1) is 19.2. The Kier molecular flexibility index (Phi) is 5.15. The molecular formula is C19H16ClF3N2O2. The Morgan fingerprint density at radius 3 is 2.59 bits per heavy atom. The van der Waals surface area contributed by atoms with E-state index in [4.69, 9.17) is 11.6 Å². The van der Waals surface area contributed by atoms with Crippen LogP contribution in [0.15, 0.2) is 42.5 Å². The van der Waals surface area contributed by atoms with Crippen LogP contribution in [0.5, 0.6) is 0 Å². The molecule has 1 fully saturated rings. The van der Waals surface area contributed by atoms with Gasteiger partial charge in [0.1, 0.15) is 0 Å². The van der Waals surface area contributed by atoms with Crippen LogP contribution in [0.3, 0.4) is 0 Å². The molecule has 8 heteroatoms. The molecule has 27 heavy (non-hydrogen) atoms. The normalized spacial score (nSPS) is 17.3. The van der Waals surface area contributed by atoms with Crippen LogP contribution in [0.4, 0.5) is 24.5 Å². The van der Waals surface area contributed by atoms with Crippen LogP contribution < -0.4 is 10.2 Å². The van der Waals surface area contributed by atoms with Gasteiger partial charge in [-0.1, -0.05) is 29.8 Å². The van der Waals surface area contributed by atoms with Gasteiger partial charge in [0, 0.05) is 23.7 Å². The second-order valence-corrected chi connectivity index (χ2v) is 6.81. The average Bonchev–Trinajstić information content (AvgIpc) is 2.98. The van der Waals surface area contributed by atoms with Crippen LogP contribution in [0.1, 0.15) is 17.5 Å². The number of alkyl halides is 3. The van der Waals surface area contributed by atoms with Gasteiger partial charge in [0.25, 0.3) is 0 Å². The van der Waals surface area contributed by atoms with E-state index in [9.17, 15) is 22.8 Å². The lowest BCUT2D eigenvalue weighted by Crippen LogP contribution is -2.29. The molecular weight excluding hydrogens is 381 g/mol. The predicted molar refractivity (Wildman–Crippen MR) is 96.7 cm³/mol. The number of hydrogen-bond acceptors (Lipinski definition) is 2. The minimum atomic E-state index is -4.66. The summed E-state index contributed by atoms with van der Waals surface area (Å²) >= 11 is 5.64. The zero-order chi connectivity index (χ0) is 19.8. The predicted octanol–water partition coefficient (Wildman–Crippen LogP) is 4.66. The molecule has 0 spiro atoms. The van der Waals surface area contributed by atoms with Crippen molar-refractivity contribution in [3.8, 4) is 0 Å². The van der Waals surface area contributed by atoms with Crippen LogP contribution >= 0.6 is 11.6 Å². The number of rotatable bonds is 3. The molecule has 1 heterocycles. The Balaban J connectivity index is 1.79. The van der Waals surface area contributed by atoms with Gasteiger partial charge in [0.2, 0.25) is 11.8 Å². The molecule has 1 aliphatic rings. The second-order valence-electron chi connectivity index (χ2n) is 6.37. The fraction of sp³-hybridized carbons (Fsp3) is 0.263. The minimum Gasteiger partial charge on any atom is -0.325 e. The Bertz CT molecular complexity index is 899. The number of nitrogens with zero attached hydrogens (tertiary/aromatic N) is 1. The Labute approximate surface area is 158 Å². The first-order valence-corrected chi connectivity index (χ1v) is 8.58. The third-order valence-electron chi connectivity index (χ3n) is 4.45. The maximum atomic E-state index is 13.2. The Hall–Kier alpha value is -2.54. The maximum absolute atomic E-state index is 13.2. The van der Waals surface area contributed by atoms with E-state index in [2.05, 4.69) is 5.32 Å². The lowest BCUT2D eigenvalue weighted by molar-refractivity contribution is -0.137. The van der Waals surface area contributed by atoms with Gasteiger partial charge >= 0.3 is 6.18 Å². The molecule has 0 saturated carbocycles. The average molecular weight is 397 g/mol. The molecule has 2 aromatic carbocycles. The first-order valence-electron chi connectivity index (χ1n) is 8.20. The standard InChI is InChI=1S/C19H16ClF3N2O2/c1-11-4-2-3-5-16(11)25-10-12(8-17(25)26)18(27)24-15-7-6-13(20)9-14(15)19(21,22)23/h2-7,9,12H,8,10H2,1H3,(H,24,27). The smallest absolute Gasteiger partial charge is 0.325 e. The highest BCUT2D eigenvalue weighted by Crippen LogP contribution is 2.37. The van der Waals surface area contributed by atoms with Gasteiger partial charge in [0.05, 0.1) is 17.2 Å². The largest absolute Gasteiger partial charge is 0.418 e. The molecule has 1 unspecified atom stereocenters. The summed E-state index contributed by atoms with van der Waals surface area (Å²) in [7, 11) is 0. The van der Waals surface area contributed by atoms with E-state index in [-0.39, 0.29) is 29.6 Å². The highest BCUT2D eigenvalue weighted by atomic mass is 35.5. The molecule has 1 aliphatic heterocycles. The fourth-order valence-corrected chi connectivity index (χ4v) is 3.25. The van der Waals surface area contributed by atoms with Gasteiger partial charge in [0.15, 0.2) is 0 Å². The van der Waals surface area contributed by atoms with E-state index in [1.54, 1.807) is 12.1 Å². The molecule has 1 atom stereocenters. The molecule has 0 bridgehead atoms. The quantitative estimate of drug-likeness (QED) is 0.820. The van der Waals surface area contributed by atoms with Crippen molar-refractivity contribution >= 4 is 34.8 Å². The van der Waals surface area contributed by atoms with Crippen molar-refractivity contribution in [3.05, 3.63) is 58.6 Å². The molecule has 2 amide bonds. The number of amides is 2. The Morgan fingerprint density at radius 1 is 1.22 bits per heavy atom. The highest BCUT2D eigenvalue weighted by Gasteiger charge is 2.38. The first-order chi connectivity index (χ1) is 12.7. The summed E-state index contributed by atoms with van der Waals surface area (Å²) in [5.74, 6) is -1.61. The molecule has 4 nitrogen and oxygen atoms in total. The summed E-state index contributed by atoms with van der Waals surface area (Å²) in [6.45, 7) is 1.96. The van der Waals surface area contributed by atoms with Gasteiger partial charge in [-0.2, -0.15) is 13.2 Å². The fourth-order valence-electron chi connectivity index (χ4n) is 3.08. The monoisotopic (exact) mass is 396 g/mol. The zero-order valence-electron chi connectivity index (χ0n) is 14.3. The van der Waals surface area contributed by atoms with Crippen molar-refractivity contribution in [2.24, 2.45) is 5.92 Å². The number of halogens is 4. The van der Waals surface area contributed by atoms with Crippen LogP contribution in [-0.2, 0) is 15.8 Å². The third kappa shape index (κ3) is 4.08. The number of hydrogen-bond donors (Lipinski definition) is 1. The summed E-state index contributed by atoms with van der Waals surface area (Å²) in [5, 5.41) is 2.22. The minimum absolute atomic E-state index is 0.0604. The van der Waals surface area contributed by atoms with Crippen molar-refractivity contribution in [1.82, 2.24) is 0 Å². The van der Waals surface area contributed by atoms with Crippen molar-refractivity contribution in [2.45, 2.75) is 19.5 Å². The van der Waals surface area contributed by atoms with Gasteiger partial charge in [-0.05, 0) is 36.8 Å². The van der Waals surface area contributed by atoms with Crippen molar-refractivity contribution < 1.29 is 22.8 Å². The van der Waals surface area contributed by atoms with Gasteiger partial charge in [-0.15, -0.1) is 0 Å². The van der Waals surface area contributed by atoms with E-state index in [1.807, 2.05) is 19.1 Å². The van der Waals surface area contributed by atoms with Crippen LogP contribution in [0, 0.1) is 12.8 Å². The van der Waals surface area contributed by atoms with E-state index in [0.717, 1.165) is 17.7 Å². The Morgan fingerprint density at radius 2 is 1.93 bits per heavy atom. The van der Waals surface area contributed by atoms with E-state index in [0.29, 0.717) is 5.69 Å². The summed E-state index contributed by atoms with van der Waals surface area (Å²) in [6.07, 6.45) is -4.72. The lowest BCUT2D eigenvalue weighted by atomic mass is 10.1. The molecule has 142 valence electrons. The molecule has 0 radical (unpaired) electrons. The van der Waals surface area contributed by atoms with Gasteiger partial charge in [-0.3, -0.25) is 9.59 Å². The second kappa shape index (κ2) is 7.23. The van der Waals surface area contributed by atoms with E-state index in [1.165, 1.54) is 11.0 Å². The topological polar surface area (TPSA) is 49.4 Å². The molecule has 0 aliphatic carbocycles. The number of aryl methyl sites for hydroxylation is 1.